The molecule has 0 saturated carbocycles. The molecule has 2 aromatic rings. The molecule has 2 N–H and O–H groups in total. The molecule has 0 fully saturated rings. The number of aryl methyl sites for hydroxylation is 1. The number of rotatable bonds is 7. The van der Waals surface area contributed by atoms with Gasteiger partial charge in [-0.15, -0.1) is 0 Å². The van der Waals surface area contributed by atoms with Gasteiger partial charge in [0, 0.05) is 5.69 Å². The van der Waals surface area contributed by atoms with E-state index < -0.39 is 0 Å². The molecule has 0 unspecified atom stereocenters. The first kappa shape index (κ1) is 15.9. The number of carbonyl (C=O) groups excluding carboxylic acids is 1. The second kappa shape index (κ2) is 8.12. The molecule has 5 heteroatoms. The number of benzene rings is 1. The quantitative estimate of drug-likeness (QED) is 0.467. The van der Waals surface area contributed by atoms with Gasteiger partial charge in [0.05, 0.1) is 5.71 Å². The van der Waals surface area contributed by atoms with Gasteiger partial charge >= 0.3 is 0 Å². The van der Waals surface area contributed by atoms with Crippen LogP contribution in [0.3, 0.4) is 0 Å². The van der Waals surface area contributed by atoms with Gasteiger partial charge in [-0.1, -0.05) is 50.1 Å². The Morgan fingerprint density at radius 1 is 1.27 bits per heavy atom. The van der Waals surface area contributed by atoms with E-state index in [1.165, 1.54) is 0 Å². The molecule has 22 heavy (non-hydrogen) atoms. The predicted molar refractivity (Wildman–Crippen MR) is 87.9 cm³/mol. The lowest BCUT2D eigenvalue weighted by atomic mass is 10.0. The van der Waals surface area contributed by atoms with Crippen molar-refractivity contribution in [2.75, 3.05) is 0 Å². The second-order valence-corrected chi connectivity index (χ2v) is 5.26. The van der Waals surface area contributed by atoms with Crippen LogP contribution < -0.4 is 5.43 Å². The molecular formula is C17H22N4O. The molecule has 0 atom stereocenters. The molecule has 5 nitrogen and oxygen atoms in total. The van der Waals surface area contributed by atoms with E-state index in [0.29, 0.717) is 5.69 Å². The highest BCUT2D eigenvalue weighted by atomic mass is 16.2. The SMILES string of the molecule is CCCCCC(=NNC(=O)c1cc(C)[nH]n1)c1ccccc1. The molecule has 0 bridgehead atoms. The summed E-state index contributed by atoms with van der Waals surface area (Å²) in [6.45, 7) is 4.02. The minimum Gasteiger partial charge on any atom is -0.282 e. The molecule has 1 aromatic carbocycles. The zero-order chi connectivity index (χ0) is 15.8. The summed E-state index contributed by atoms with van der Waals surface area (Å²) in [5, 5.41) is 11.0. The van der Waals surface area contributed by atoms with Crippen molar-refractivity contribution in [3.05, 3.63) is 53.3 Å². The van der Waals surface area contributed by atoms with E-state index in [1.54, 1.807) is 6.07 Å². The average molecular weight is 298 g/mol. The van der Waals surface area contributed by atoms with Crippen LogP contribution in [0, 0.1) is 6.92 Å². The van der Waals surface area contributed by atoms with Crippen molar-refractivity contribution in [1.29, 1.82) is 0 Å². The van der Waals surface area contributed by atoms with Crippen molar-refractivity contribution in [2.45, 2.75) is 39.5 Å². The topological polar surface area (TPSA) is 70.1 Å². The monoisotopic (exact) mass is 298 g/mol. The number of hydrazone groups is 1. The van der Waals surface area contributed by atoms with Crippen LogP contribution in [-0.2, 0) is 0 Å². The average Bonchev–Trinajstić information content (AvgIpc) is 2.98. The summed E-state index contributed by atoms with van der Waals surface area (Å²) in [7, 11) is 0. The lowest BCUT2D eigenvalue weighted by Gasteiger charge is -2.07. The molecule has 1 amide bonds. The fraction of sp³-hybridized carbons (Fsp3) is 0.353. The Morgan fingerprint density at radius 2 is 2.05 bits per heavy atom. The summed E-state index contributed by atoms with van der Waals surface area (Å²) < 4.78 is 0. The van der Waals surface area contributed by atoms with Gasteiger partial charge in [-0.3, -0.25) is 9.89 Å². The summed E-state index contributed by atoms with van der Waals surface area (Å²) in [6, 6.07) is 11.6. The molecule has 2 rings (SSSR count). The first-order valence-corrected chi connectivity index (χ1v) is 7.65. The van der Waals surface area contributed by atoms with Gasteiger partial charge in [-0.2, -0.15) is 10.2 Å². The van der Waals surface area contributed by atoms with Crippen LogP contribution in [0.2, 0.25) is 0 Å². The number of hydrogen-bond acceptors (Lipinski definition) is 3. The molecule has 116 valence electrons. The predicted octanol–water partition coefficient (Wildman–Crippen LogP) is 3.43. The van der Waals surface area contributed by atoms with Crippen molar-refractivity contribution < 1.29 is 4.79 Å². The van der Waals surface area contributed by atoms with Crippen LogP contribution in [0.1, 0.15) is 54.4 Å². The van der Waals surface area contributed by atoms with Crippen LogP contribution in [0.5, 0.6) is 0 Å². The fourth-order valence-corrected chi connectivity index (χ4v) is 2.15. The van der Waals surface area contributed by atoms with Crippen molar-refractivity contribution in [3.63, 3.8) is 0 Å². The highest BCUT2D eigenvalue weighted by Crippen LogP contribution is 2.09. The first-order valence-electron chi connectivity index (χ1n) is 7.65. The van der Waals surface area contributed by atoms with Gasteiger partial charge < -0.3 is 0 Å². The van der Waals surface area contributed by atoms with E-state index in [2.05, 4.69) is 27.6 Å². The van der Waals surface area contributed by atoms with E-state index in [4.69, 9.17) is 0 Å². The van der Waals surface area contributed by atoms with Crippen LogP contribution in [0.15, 0.2) is 41.5 Å². The molecule has 1 aromatic heterocycles. The number of H-pyrrole nitrogens is 1. The van der Waals surface area contributed by atoms with Crippen LogP contribution in [0.4, 0.5) is 0 Å². The summed E-state index contributed by atoms with van der Waals surface area (Å²) in [6.07, 6.45) is 4.21. The summed E-state index contributed by atoms with van der Waals surface area (Å²) in [5.41, 5.74) is 5.74. The molecule has 0 spiro atoms. The molecule has 1 heterocycles. The number of carbonyl (C=O) groups is 1. The van der Waals surface area contributed by atoms with Gasteiger partial charge in [0.2, 0.25) is 0 Å². The van der Waals surface area contributed by atoms with Crippen molar-refractivity contribution in [1.82, 2.24) is 15.6 Å². The molecule has 0 aliphatic rings. The third kappa shape index (κ3) is 4.55. The first-order chi connectivity index (χ1) is 10.7. The number of nitrogens with zero attached hydrogens (tertiary/aromatic N) is 2. The molecule has 0 aliphatic heterocycles. The lowest BCUT2D eigenvalue weighted by molar-refractivity contribution is 0.0949. The largest absolute Gasteiger partial charge is 0.291 e. The van der Waals surface area contributed by atoms with Crippen LogP contribution >= 0.6 is 0 Å². The smallest absolute Gasteiger partial charge is 0.282 e. The fourth-order valence-electron chi connectivity index (χ4n) is 2.15. The summed E-state index contributed by atoms with van der Waals surface area (Å²) >= 11 is 0. The Morgan fingerprint density at radius 3 is 2.68 bits per heavy atom. The van der Waals surface area contributed by atoms with Gasteiger partial charge in [0.15, 0.2) is 5.69 Å². The van der Waals surface area contributed by atoms with E-state index in [0.717, 1.165) is 42.7 Å². The highest BCUT2D eigenvalue weighted by molar-refractivity contribution is 6.02. The number of amides is 1. The minimum absolute atomic E-state index is 0.298. The van der Waals surface area contributed by atoms with Crippen LogP contribution in [-0.4, -0.2) is 21.8 Å². The molecular weight excluding hydrogens is 276 g/mol. The zero-order valence-corrected chi connectivity index (χ0v) is 13.1. The van der Waals surface area contributed by atoms with Crippen molar-refractivity contribution >= 4 is 11.6 Å². The molecule has 0 radical (unpaired) electrons. The van der Waals surface area contributed by atoms with E-state index in [1.807, 2.05) is 37.3 Å². The Balaban J connectivity index is 2.08. The highest BCUT2D eigenvalue weighted by Gasteiger charge is 2.09. The number of aromatic nitrogens is 2. The third-order valence-corrected chi connectivity index (χ3v) is 3.36. The van der Waals surface area contributed by atoms with E-state index in [-0.39, 0.29) is 5.91 Å². The van der Waals surface area contributed by atoms with Gasteiger partial charge in [-0.05, 0) is 31.4 Å². The minimum atomic E-state index is -0.298. The number of unbranched alkanes of at least 4 members (excludes halogenated alkanes) is 2. The molecule has 0 aliphatic carbocycles. The maximum absolute atomic E-state index is 12.0. The zero-order valence-electron chi connectivity index (χ0n) is 13.1. The second-order valence-electron chi connectivity index (χ2n) is 5.26. The maximum Gasteiger partial charge on any atom is 0.291 e. The normalized spacial score (nSPS) is 11.5. The van der Waals surface area contributed by atoms with Crippen molar-refractivity contribution in [3.8, 4) is 0 Å². The third-order valence-electron chi connectivity index (χ3n) is 3.36. The van der Waals surface area contributed by atoms with E-state index >= 15 is 0 Å². The standard InChI is InChI=1S/C17H22N4O/c1-3-4-6-11-15(14-9-7-5-8-10-14)19-21-17(22)16-12-13(2)18-20-16/h5,7-10,12H,3-4,6,11H2,1-2H3,(H,18,20)(H,21,22). The number of hydrogen-bond donors (Lipinski definition) is 2. The lowest BCUT2D eigenvalue weighted by Crippen LogP contribution is -2.20. The Hall–Kier alpha value is -2.43. The Kier molecular flexibility index (Phi) is 5.89. The molecule has 0 saturated heterocycles. The van der Waals surface area contributed by atoms with Gasteiger partial charge in [-0.25, -0.2) is 5.43 Å². The van der Waals surface area contributed by atoms with Crippen molar-refractivity contribution in [2.24, 2.45) is 5.10 Å². The maximum atomic E-state index is 12.0. The summed E-state index contributed by atoms with van der Waals surface area (Å²) in [4.78, 5) is 12.0. The van der Waals surface area contributed by atoms with Gasteiger partial charge in [0.1, 0.15) is 0 Å². The van der Waals surface area contributed by atoms with Gasteiger partial charge in [0.25, 0.3) is 5.91 Å². The van der Waals surface area contributed by atoms with Crippen LogP contribution in [0.25, 0.3) is 0 Å². The number of aromatic amines is 1. The Bertz CT molecular complexity index is 631. The number of nitrogens with one attached hydrogen (secondary N) is 2. The van der Waals surface area contributed by atoms with E-state index in [9.17, 15) is 4.79 Å². The Labute approximate surface area is 130 Å². The summed E-state index contributed by atoms with van der Waals surface area (Å²) in [5.74, 6) is -0.298.